The van der Waals surface area contributed by atoms with Gasteiger partial charge in [0.2, 0.25) is 29.9 Å². The smallest absolute Gasteiger partial charge is 0.322 e. The van der Waals surface area contributed by atoms with Crippen LogP contribution in [0.2, 0.25) is 0 Å². The monoisotopic (exact) mass is 750 g/mol. The van der Waals surface area contributed by atoms with Crippen LogP contribution in [0.15, 0.2) is 54.7 Å². The normalized spacial score (nSPS) is 14.9. The number of rotatable bonds is 18. The number of amides is 5. The first-order valence-electron chi connectivity index (χ1n) is 17.6. The molecule has 4 rings (SSSR count). The minimum absolute atomic E-state index is 0.0495. The van der Waals surface area contributed by atoms with Crippen LogP contribution in [-0.4, -0.2) is 96.9 Å². The lowest BCUT2D eigenvalue weighted by atomic mass is 9.80. The van der Waals surface area contributed by atoms with Crippen molar-refractivity contribution in [1.82, 2.24) is 25.8 Å². The summed E-state index contributed by atoms with van der Waals surface area (Å²) in [6.07, 6.45) is 1.26. The third-order valence-corrected chi connectivity index (χ3v) is 9.45. The Morgan fingerprint density at radius 1 is 0.833 bits per heavy atom. The molecule has 3 aromatic rings. The molecule has 0 aliphatic heterocycles. The number of aryl methyl sites for hydroxylation is 2. The fraction of sp³-hybridized carbons (Fsp3) is 0.432. The van der Waals surface area contributed by atoms with Crippen molar-refractivity contribution in [2.45, 2.75) is 94.7 Å². The van der Waals surface area contributed by atoms with Gasteiger partial charge in [0.15, 0.2) is 5.92 Å². The van der Waals surface area contributed by atoms with E-state index in [1.54, 1.807) is 0 Å². The van der Waals surface area contributed by atoms with Gasteiger partial charge in [-0.3, -0.25) is 33.6 Å². The SMILES string of the molecule is Cc1ccc2c(ccn2CCCNC(=O)[C@H](CC(N)=O)NC(=O)C2(NC(=O)[C@H](Cc3ccc(C(C(=O)O)C(=O)O)cc3)NC(=O)C(O)O)CCCCC2)c1. The van der Waals surface area contributed by atoms with Crippen molar-refractivity contribution < 1.29 is 54.0 Å². The third-order valence-electron chi connectivity index (χ3n) is 9.45. The number of hydrogen-bond donors (Lipinski definition) is 9. The van der Waals surface area contributed by atoms with Gasteiger partial charge in [0.1, 0.15) is 17.6 Å². The average Bonchev–Trinajstić information content (AvgIpc) is 3.51. The molecule has 0 radical (unpaired) electrons. The number of carbonyl (C=O) groups excluding carboxylic acids is 5. The van der Waals surface area contributed by atoms with E-state index in [1.165, 1.54) is 24.3 Å². The van der Waals surface area contributed by atoms with Crippen molar-refractivity contribution in [1.29, 1.82) is 0 Å². The van der Waals surface area contributed by atoms with Crippen molar-refractivity contribution in [3.8, 4) is 0 Å². The summed E-state index contributed by atoms with van der Waals surface area (Å²) in [7, 11) is 0. The van der Waals surface area contributed by atoms with Gasteiger partial charge in [-0.05, 0) is 60.9 Å². The van der Waals surface area contributed by atoms with Gasteiger partial charge in [-0.25, -0.2) is 0 Å². The predicted octanol–water partition coefficient (Wildman–Crippen LogP) is -0.0737. The van der Waals surface area contributed by atoms with Gasteiger partial charge in [0.05, 0.1) is 6.42 Å². The Kier molecular flexibility index (Phi) is 13.9. The molecule has 1 aromatic heterocycles. The van der Waals surface area contributed by atoms with Crippen LogP contribution >= 0.6 is 0 Å². The molecular weight excluding hydrogens is 704 g/mol. The molecular formula is C37H46N6O11. The fourth-order valence-corrected chi connectivity index (χ4v) is 6.62. The summed E-state index contributed by atoms with van der Waals surface area (Å²) in [6, 6.07) is 10.5. The highest BCUT2D eigenvalue weighted by atomic mass is 16.5. The number of aliphatic hydroxyl groups is 2. The van der Waals surface area contributed by atoms with Crippen LogP contribution in [0, 0.1) is 6.92 Å². The van der Waals surface area contributed by atoms with Crippen molar-refractivity contribution >= 4 is 52.4 Å². The van der Waals surface area contributed by atoms with Crippen LogP contribution in [0.1, 0.15) is 67.6 Å². The third kappa shape index (κ3) is 10.6. The second-order valence-corrected chi connectivity index (χ2v) is 13.5. The second kappa shape index (κ2) is 18.3. The minimum atomic E-state index is -2.48. The summed E-state index contributed by atoms with van der Waals surface area (Å²) < 4.78 is 2.05. The number of nitrogens with two attached hydrogens (primary N) is 1. The van der Waals surface area contributed by atoms with Crippen LogP contribution in [0.5, 0.6) is 0 Å². The fourth-order valence-electron chi connectivity index (χ4n) is 6.62. The molecule has 1 aliphatic carbocycles. The number of aromatic nitrogens is 1. The maximum atomic E-state index is 14.0. The van der Waals surface area contributed by atoms with E-state index in [0.29, 0.717) is 31.4 Å². The Labute approximate surface area is 310 Å². The van der Waals surface area contributed by atoms with Gasteiger partial charge < -0.3 is 52.0 Å². The average molecular weight is 751 g/mol. The number of hydrogen-bond acceptors (Lipinski definition) is 9. The van der Waals surface area contributed by atoms with Gasteiger partial charge in [0.25, 0.3) is 5.91 Å². The van der Waals surface area contributed by atoms with E-state index in [2.05, 4.69) is 31.9 Å². The molecule has 10 N–H and O–H groups in total. The molecule has 0 unspecified atom stereocenters. The van der Waals surface area contributed by atoms with E-state index in [9.17, 15) is 54.0 Å². The molecule has 290 valence electrons. The molecule has 5 amide bonds. The molecule has 1 fully saturated rings. The molecule has 1 heterocycles. The van der Waals surface area contributed by atoms with Crippen molar-refractivity contribution in [3.05, 3.63) is 71.4 Å². The van der Waals surface area contributed by atoms with Crippen molar-refractivity contribution in [2.24, 2.45) is 5.73 Å². The Morgan fingerprint density at radius 3 is 2.11 bits per heavy atom. The number of aliphatic hydroxyl groups excluding tert-OH is 1. The first-order valence-corrected chi connectivity index (χ1v) is 17.6. The van der Waals surface area contributed by atoms with Crippen LogP contribution in [-0.2, 0) is 46.5 Å². The highest BCUT2D eigenvalue weighted by Gasteiger charge is 2.44. The molecule has 2 aromatic carbocycles. The molecule has 0 spiro atoms. The number of carbonyl (C=O) groups is 7. The molecule has 54 heavy (non-hydrogen) atoms. The maximum Gasteiger partial charge on any atom is 0.322 e. The number of fused-ring (bicyclic) bond motifs is 1. The van der Waals surface area contributed by atoms with E-state index in [0.717, 1.165) is 22.9 Å². The van der Waals surface area contributed by atoms with E-state index in [4.69, 9.17) is 5.73 Å². The van der Waals surface area contributed by atoms with Crippen LogP contribution in [0.3, 0.4) is 0 Å². The van der Waals surface area contributed by atoms with Crippen molar-refractivity contribution in [2.75, 3.05) is 6.54 Å². The summed E-state index contributed by atoms with van der Waals surface area (Å²) in [4.78, 5) is 88.3. The summed E-state index contributed by atoms with van der Waals surface area (Å²) in [5.41, 5.74) is 6.32. The lowest BCUT2D eigenvalue weighted by Gasteiger charge is -2.38. The van der Waals surface area contributed by atoms with Gasteiger partial charge in [-0.1, -0.05) is 55.2 Å². The van der Waals surface area contributed by atoms with Gasteiger partial charge in [-0.15, -0.1) is 0 Å². The van der Waals surface area contributed by atoms with Gasteiger partial charge in [-0.2, -0.15) is 0 Å². The maximum absolute atomic E-state index is 14.0. The van der Waals surface area contributed by atoms with Crippen molar-refractivity contribution in [3.63, 3.8) is 0 Å². The van der Waals surface area contributed by atoms with E-state index >= 15 is 0 Å². The first-order chi connectivity index (χ1) is 25.6. The molecule has 1 aliphatic rings. The number of nitrogens with one attached hydrogen (secondary N) is 4. The Bertz CT molecular complexity index is 1850. The summed E-state index contributed by atoms with van der Waals surface area (Å²) in [6.45, 7) is 2.83. The van der Waals surface area contributed by atoms with Gasteiger partial charge >= 0.3 is 11.9 Å². The first kappa shape index (κ1) is 41.0. The van der Waals surface area contributed by atoms with Gasteiger partial charge in [0, 0.05) is 31.2 Å². The number of benzene rings is 2. The van der Waals surface area contributed by atoms with Crippen LogP contribution in [0.4, 0.5) is 0 Å². The predicted molar refractivity (Wildman–Crippen MR) is 192 cm³/mol. The topological polar surface area (TPSA) is 279 Å². The molecule has 2 atom stereocenters. The quantitative estimate of drug-likeness (QED) is 0.0471. The standard InChI is InChI=1S/C37H46N6O11/c1-21-6-11-27-24(18-21)12-17-43(27)16-5-15-39-30(45)26(20-28(38)44)41-36(54)37(13-3-2-4-14-37)42-31(46)25(40-32(47)35(52)53)19-22-7-9-23(10-8-22)29(33(48)49)34(50)51/h6-12,17-18,25-26,29,35,52-53H,2-5,13-16,19-20H2,1H3,(H2,38,44)(H,39,45)(H,40,47)(H,41,54)(H,42,46)(H,48,49)(H,50,51)/t25-,26-/m0/s1. The summed E-state index contributed by atoms with van der Waals surface area (Å²) in [5, 5.41) is 48.8. The molecule has 0 bridgehead atoms. The Morgan fingerprint density at radius 2 is 1.50 bits per heavy atom. The Balaban J connectivity index is 1.47. The zero-order valence-corrected chi connectivity index (χ0v) is 29.7. The zero-order chi connectivity index (χ0) is 39.6. The van der Waals surface area contributed by atoms with Crippen LogP contribution < -0.4 is 27.0 Å². The highest BCUT2D eigenvalue weighted by molar-refractivity contribution is 5.99. The molecule has 17 nitrogen and oxygen atoms in total. The van der Waals surface area contributed by atoms with E-state index < -0.39 is 77.7 Å². The minimum Gasteiger partial charge on any atom is -0.480 e. The number of aliphatic carboxylic acids is 2. The number of carboxylic acids is 2. The lowest BCUT2D eigenvalue weighted by Crippen LogP contribution is -2.65. The molecule has 1 saturated carbocycles. The molecule has 17 heteroatoms. The van der Waals surface area contributed by atoms with E-state index in [1.807, 2.05) is 31.3 Å². The Hall–Kier alpha value is -5.81. The number of primary amides is 1. The lowest BCUT2D eigenvalue weighted by molar-refractivity contribution is -0.150. The summed E-state index contributed by atoms with van der Waals surface area (Å²) >= 11 is 0. The highest BCUT2D eigenvalue weighted by Crippen LogP contribution is 2.29. The largest absolute Gasteiger partial charge is 0.480 e. The zero-order valence-electron chi connectivity index (χ0n) is 29.7. The number of carboxylic acid groups (broad SMARTS) is 2. The number of nitrogens with zero attached hydrogens (tertiary/aromatic N) is 1. The second-order valence-electron chi connectivity index (χ2n) is 13.5. The molecule has 0 saturated heterocycles. The van der Waals surface area contributed by atoms with E-state index in [-0.39, 0.29) is 31.4 Å². The van der Waals surface area contributed by atoms with Crippen LogP contribution in [0.25, 0.3) is 10.9 Å². The summed E-state index contributed by atoms with van der Waals surface area (Å²) in [5.74, 6) is -9.46.